The first kappa shape index (κ1) is 13.0. The van der Waals surface area contributed by atoms with Gasteiger partial charge in [-0.05, 0) is 19.1 Å². The highest BCUT2D eigenvalue weighted by atomic mass is 16.5. The van der Waals surface area contributed by atoms with E-state index in [9.17, 15) is 4.79 Å². The van der Waals surface area contributed by atoms with Crippen molar-refractivity contribution in [3.05, 3.63) is 36.1 Å². The van der Waals surface area contributed by atoms with Crippen LogP contribution in [0.1, 0.15) is 23.2 Å². The first-order valence-electron chi connectivity index (χ1n) is 6.04. The summed E-state index contributed by atoms with van der Waals surface area (Å²) in [6.07, 6.45) is 3.48. The minimum atomic E-state index is -0.177. The Balaban J connectivity index is 1.92. The molecule has 0 radical (unpaired) electrons. The Bertz CT molecular complexity index is 527. The summed E-state index contributed by atoms with van der Waals surface area (Å²) in [5.74, 6) is 0.905. The summed E-state index contributed by atoms with van der Waals surface area (Å²) in [6, 6.07) is 3.46. The molecule has 0 atom stereocenters. The third-order valence-electron chi connectivity index (χ3n) is 2.43. The van der Waals surface area contributed by atoms with E-state index >= 15 is 0 Å². The van der Waals surface area contributed by atoms with Crippen LogP contribution >= 0.6 is 0 Å². The van der Waals surface area contributed by atoms with Gasteiger partial charge in [-0.1, -0.05) is 5.16 Å². The zero-order valence-electron chi connectivity index (χ0n) is 10.6. The highest BCUT2D eigenvalue weighted by Gasteiger charge is 2.11. The van der Waals surface area contributed by atoms with Crippen molar-refractivity contribution in [2.45, 2.75) is 13.3 Å². The number of anilines is 1. The lowest BCUT2D eigenvalue weighted by molar-refractivity contribution is 0.0954. The monoisotopic (exact) mass is 261 g/mol. The van der Waals surface area contributed by atoms with E-state index in [1.165, 1.54) is 6.33 Å². The molecule has 0 aliphatic heterocycles. The van der Waals surface area contributed by atoms with Crippen molar-refractivity contribution in [2.75, 3.05) is 18.4 Å². The van der Waals surface area contributed by atoms with Gasteiger partial charge in [0.1, 0.15) is 5.82 Å². The van der Waals surface area contributed by atoms with E-state index in [4.69, 9.17) is 4.52 Å². The molecule has 2 rings (SSSR count). The summed E-state index contributed by atoms with van der Waals surface area (Å²) in [6.45, 7) is 3.09. The molecule has 0 spiro atoms. The van der Waals surface area contributed by atoms with E-state index < -0.39 is 0 Å². The molecule has 0 saturated heterocycles. The van der Waals surface area contributed by atoms with Crippen LogP contribution in [0.4, 0.5) is 5.82 Å². The van der Waals surface area contributed by atoms with Gasteiger partial charge in [0.25, 0.3) is 5.91 Å². The van der Waals surface area contributed by atoms with Crippen LogP contribution in [0.15, 0.2) is 29.2 Å². The minimum absolute atomic E-state index is 0.177. The molecule has 0 aromatic carbocycles. The van der Waals surface area contributed by atoms with Gasteiger partial charge in [-0.25, -0.2) is 4.98 Å². The average molecular weight is 261 g/mol. The average Bonchev–Trinajstić information content (AvgIpc) is 2.93. The van der Waals surface area contributed by atoms with Gasteiger partial charge in [0.05, 0.1) is 5.56 Å². The van der Waals surface area contributed by atoms with E-state index in [0.717, 1.165) is 0 Å². The fourth-order valence-corrected chi connectivity index (χ4v) is 1.58. The normalized spacial score (nSPS) is 10.2. The number of aromatic nitrogens is 3. The number of nitrogens with one attached hydrogen (secondary N) is 2. The van der Waals surface area contributed by atoms with Gasteiger partial charge in [-0.2, -0.15) is 4.98 Å². The predicted molar refractivity (Wildman–Crippen MR) is 68.7 cm³/mol. The van der Waals surface area contributed by atoms with Crippen LogP contribution in [0.5, 0.6) is 0 Å². The van der Waals surface area contributed by atoms with Crippen LogP contribution in [0.3, 0.4) is 0 Å². The highest BCUT2D eigenvalue weighted by molar-refractivity contribution is 5.98. The molecule has 0 aliphatic rings. The van der Waals surface area contributed by atoms with Crippen molar-refractivity contribution >= 4 is 11.7 Å². The van der Waals surface area contributed by atoms with E-state index in [1.54, 1.807) is 18.3 Å². The van der Waals surface area contributed by atoms with Crippen LogP contribution < -0.4 is 10.6 Å². The van der Waals surface area contributed by atoms with Gasteiger partial charge in [0.2, 0.25) is 5.89 Å². The molecule has 0 saturated carbocycles. The largest absolute Gasteiger partial charge is 0.370 e. The smallest absolute Gasteiger partial charge is 0.255 e. The van der Waals surface area contributed by atoms with Gasteiger partial charge in [0.15, 0.2) is 6.33 Å². The van der Waals surface area contributed by atoms with E-state index in [1.807, 2.05) is 6.92 Å². The Morgan fingerprint density at radius 3 is 3.05 bits per heavy atom. The topological polar surface area (TPSA) is 92.9 Å². The van der Waals surface area contributed by atoms with Crippen molar-refractivity contribution in [1.82, 2.24) is 20.4 Å². The van der Waals surface area contributed by atoms with E-state index in [2.05, 4.69) is 25.8 Å². The van der Waals surface area contributed by atoms with Crippen molar-refractivity contribution in [3.8, 4) is 0 Å². The lowest BCUT2D eigenvalue weighted by Gasteiger charge is -2.09. The molecule has 0 bridgehead atoms. The van der Waals surface area contributed by atoms with Crippen LogP contribution in [0.2, 0.25) is 0 Å². The Morgan fingerprint density at radius 2 is 2.32 bits per heavy atom. The second-order valence-electron chi connectivity index (χ2n) is 3.77. The van der Waals surface area contributed by atoms with Crippen LogP contribution in [0.25, 0.3) is 0 Å². The van der Waals surface area contributed by atoms with Gasteiger partial charge < -0.3 is 15.2 Å². The third kappa shape index (κ3) is 3.51. The van der Waals surface area contributed by atoms with E-state index in [0.29, 0.717) is 36.8 Å². The molecular formula is C12H15N5O2. The van der Waals surface area contributed by atoms with Crippen molar-refractivity contribution in [2.24, 2.45) is 0 Å². The fraction of sp³-hybridized carbons (Fsp3) is 0.333. The van der Waals surface area contributed by atoms with Crippen LogP contribution in [-0.4, -0.2) is 34.1 Å². The molecule has 7 nitrogen and oxygen atoms in total. The van der Waals surface area contributed by atoms with Crippen molar-refractivity contribution in [1.29, 1.82) is 0 Å². The summed E-state index contributed by atoms with van der Waals surface area (Å²) in [7, 11) is 0. The molecule has 19 heavy (non-hydrogen) atoms. The van der Waals surface area contributed by atoms with Crippen LogP contribution in [0, 0.1) is 0 Å². The molecule has 100 valence electrons. The SMILES string of the molecule is CCNc1ncccc1C(=O)NCCc1ncno1. The predicted octanol–water partition coefficient (Wildman–Crippen LogP) is 0.869. The maximum Gasteiger partial charge on any atom is 0.255 e. The Labute approximate surface area is 110 Å². The zero-order chi connectivity index (χ0) is 13.5. The molecule has 1 amide bonds. The number of carbonyl (C=O) groups excluding carboxylic acids is 1. The molecule has 0 unspecified atom stereocenters. The number of nitrogens with zero attached hydrogens (tertiary/aromatic N) is 3. The Kier molecular flexibility index (Phi) is 4.44. The minimum Gasteiger partial charge on any atom is -0.370 e. The lowest BCUT2D eigenvalue weighted by Crippen LogP contribution is -2.27. The quantitative estimate of drug-likeness (QED) is 0.801. The highest BCUT2D eigenvalue weighted by Crippen LogP contribution is 2.10. The molecule has 2 aromatic rings. The molecular weight excluding hydrogens is 246 g/mol. The summed E-state index contributed by atoms with van der Waals surface area (Å²) in [5, 5.41) is 9.34. The number of hydrogen-bond donors (Lipinski definition) is 2. The first-order chi connectivity index (χ1) is 9.31. The van der Waals surface area contributed by atoms with Gasteiger partial charge in [0, 0.05) is 25.7 Å². The Morgan fingerprint density at radius 1 is 1.42 bits per heavy atom. The van der Waals surface area contributed by atoms with Crippen molar-refractivity contribution in [3.63, 3.8) is 0 Å². The number of pyridine rings is 1. The number of carbonyl (C=O) groups is 1. The van der Waals surface area contributed by atoms with Crippen molar-refractivity contribution < 1.29 is 9.32 Å². The Hall–Kier alpha value is -2.44. The second-order valence-corrected chi connectivity index (χ2v) is 3.77. The van der Waals surface area contributed by atoms with Crippen LogP contribution in [-0.2, 0) is 6.42 Å². The maximum absolute atomic E-state index is 12.0. The summed E-state index contributed by atoms with van der Waals surface area (Å²) in [4.78, 5) is 20.0. The molecule has 0 aliphatic carbocycles. The zero-order valence-corrected chi connectivity index (χ0v) is 10.6. The van der Waals surface area contributed by atoms with Gasteiger partial charge in [-0.3, -0.25) is 4.79 Å². The van der Waals surface area contributed by atoms with Gasteiger partial charge in [-0.15, -0.1) is 0 Å². The molecule has 2 heterocycles. The maximum atomic E-state index is 12.0. The molecule has 7 heteroatoms. The third-order valence-corrected chi connectivity index (χ3v) is 2.43. The second kappa shape index (κ2) is 6.48. The number of rotatable bonds is 6. The summed E-state index contributed by atoms with van der Waals surface area (Å²) < 4.78 is 4.85. The van der Waals surface area contributed by atoms with E-state index in [-0.39, 0.29) is 5.91 Å². The number of amides is 1. The first-order valence-corrected chi connectivity index (χ1v) is 6.04. The molecule has 2 aromatic heterocycles. The van der Waals surface area contributed by atoms with Gasteiger partial charge >= 0.3 is 0 Å². The molecule has 0 fully saturated rings. The summed E-state index contributed by atoms with van der Waals surface area (Å²) in [5.41, 5.74) is 0.523. The summed E-state index contributed by atoms with van der Waals surface area (Å²) >= 11 is 0. The molecule has 2 N–H and O–H groups in total. The number of hydrogen-bond acceptors (Lipinski definition) is 6. The standard InChI is InChI=1S/C12H15N5O2/c1-2-13-11-9(4-3-6-14-11)12(18)15-7-5-10-16-8-17-19-10/h3-4,6,8H,2,5,7H2,1H3,(H,13,14)(H,15,18). The lowest BCUT2D eigenvalue weighted by atomic mass is 10.2. The fourth-order valence-electron chi connectivity index (χ4n) is 1.58.